The molecule has 1 aromatic heterocycles. The van der Waals surface area contributed by atoms with Gasteiger partial charge in [0.25, 0.3) is 0 Å². The van der Waals surface area contributed by atoms with E-state index in [0.717, 1.165) is 37.4 Å². The largest absolute Gasteiger partial charge is 0.343 e. The molecule has 0 aliphatic carbocycles. The van der Waals surface area contributed by atoms with Crippen molar-refractivity contribution in [1.29, 1.82) is 0 Å². The lowest BCUT2D eigenvalue weighted by Gasteiger charge is -2.32. The van der Waals surface area contributed by atoms with Crippen LogP contribution in [0.4, 0.5) is 0 Å². The van der Waals surface area contributed by atoms with Crippen molar-refractivity contribution in [2.45, 2.75) is 6.67 Å². The quantitative estimate of drug-likeness (QED) is 0.537. The highest BCUT2D eigenvalue weighted by Gasteiger charge is 2.15. The van der Waals surface area contributed by atoms with Gasteiger partial charge in [0.15, 0.2) is 4.77 Å². The van der Waals surface area contributed by atoms with Crippen molar-refractivity contribution in [2.75, 3.05) is 26.2 Å². The number of carbonyl (C=O) groups excluding carboxylic acids is 1. The van der Waals surface area contributed by atoms with Gasteiger partial charge in [0, 0.05) is 33.2 Å². The average molecular weight is 241 g/mol. The van der Waals surface area contributed by atoms with Gasteiger partial charge in [-0.1, -0.05) is 0 Å². The lowest BCUT2D eigenvalue weighted by atomic mass is 10.3. The molecule has 0 unspecified atom stereocenters. The first kappa shape index (κ1) is 11.3. The Balaban J connectivity index is 1.94. The molecule has 88 valence electrons. The van der Waals surface area contributed by atoms with E-state index in [2.05, 4.69) is 10.00 Å². The maximum absolute atomic E-state index is 10.6. The van der Waals surface area contributed by atoms with Gasteiger partial charge in [-0.25, -0.2) is 4.68 Å². The molecule has 2 heterocycles. The fourth-order valence-electron chi connectivity index (χ4n) is 1.72. The number of hydrogen-bond donors (Lipinski definition) is 0. The molecule has 0 saturated carbocycles. The monoisotopic (exact) mass is 241 g/mol. The smallest absolute Gasteiger partial charge is 0.209 e. The van der Waals surface area contributed by atoms with Crippen LogP contribution < -0.4 is 0 Å². The zero-order valence-electron chi connectivity index (χ0n) is 9.24. The summed E-state index contributed by atoms with van der Waals surface area (Å²) in [5.41, 5.74) is 0. The summed E-state index contributed by atoms with van der Waals surface area (Å²) in [6, 6.07) is 0. The SMILES string of the molecule is Cn1cnn(CN2CCN(C=O)CC2)c1=S. The number of aromatic nitrogens is 3. The highest BCUT2D eigenvalue weighted by molar-refractivity contribution is 7.71. The van der Waals surface area contributed by atoms with Gasteiger partial charge in [0.05, 0.1) is 6.67 Å². The molecule has 0 spiro atoms. The van der Waals surface area contributed by atoms with Crippen molar-refractivity contribution in [2.24, 2.45) is 7.05 Å². The van der Waals surface area contributed by atoms with E-state index in [1.54, 1.807) is 15.9 Å². The second-order valence-electron chi connectivity index (χ2n) is 3.92. The molecule has 1 saturated heterocycles. The molecule has 0 N–H and O–H groups in total. The van der Waals surface area contributed by atoms with Crippen LogP contribution in [0.25, 0.3) is 0 Å². The van der Waals surface area contributed by atoms with Gasteiger partial charge < -0.3 is 9.47 Å². The molecular weight excluding hydrogens is 226 g/mol. The lowest BCUT2D eigenvalue weighted by molar-refractivity contribution is -0.119. The van der Waals surface area contributed by atoms with E-state index >= 15 is 0 Å². The number of nitrogens with zero attached hydrogens (tertiary/aromatic N) is 5. The first-order valence-electron chi connectivity index (χ1n) is 5.21. The highest BCUT2D eigenvalue weighted by Crippen LogP contribution is 2.02. The summed E-state index contributed by atoms with van der Waals surface area (Å²) >= 11 is 5.21. The van der Waals surface area contributed by atoms with E-state index in [4.69, 9.17) is 12.2 Å². The van der Waals surface area contributed by atoms with E-state index < -0.39 is 0 Å². The van der Waals surface area contributed by atoms with E-state index in [1.165, 1.54) is 0 Å². The topological polar surface area (TPSA) is 46.3 Å². The Morgan fingerprint density at radius 2 is 2.12 bits per heavy atom. The van der Waals surface area contributed by atoms with E-state index in [-0.39, 0.29) is 0 Å². The van der Waals surface area contributed by atoms with Crippen LogP contribution in [0.15, 0.2) is 6.33 Å². The number of rotatable bonds is 3. The second kappa shape index (κ2) is 4.75. The molecule has 0 aromatic carbocycles. The molecule has 0 radical (unpaired) electrons. The van der Waals surface area contributed by atoms with E-state index in [9.17, 15) is 4.79 Å². The van der Waals surface area contributed by atoms with Crippen molar-refractivity contribution >= 4 is 18.6 Å². The third kappa shape index (κ3) is 2.30. The summed E-state index contributed by atoms with van der Waals surface area (Å²) in [4.78, 5) is 14.6. The van der Waals surface area contributed by atoms with Crippen LogP contribution >= 0.6 is 12.2 Å². The van der Waals surface area contributed by atoms with Crippen molar-refractivity contribution < 1.29 is 4.79 Å². The van der Waals surface area contributed by atoms with Gasteiger partial charge in [0.2, 0.25) is 6.41 Å². The molecule has 6 nitrogen and oxygen atoms in total. The first-order chi connectivity index (χ1) is 7.70. The van der Waals surface area contributed by atoms with E-state index in [1.807, 2.05) is 11.6 Å². The Morgan fingerprint density at radius 3 is 2.62 bits per heavy atom. The van der Waals surface area contributed by atoms with Crippen molar-refractivity contribution in [3.05, 3.63) is 11.1 Å². The lowest BCUT2D eigenvalue weighted by Crippen LogP contribution is -2.46. The Morgan fingerprint density at radius 1 is 1.44 bits per heavy atom. The summed E-state index contributed by atoms with van der Waals surface area (Å²) in [7, 11) is 1.89. The van der Waals surface area contributed by atoms with Gasteiger partial charge in [-0.2, -0.15) is 5.10 Å². The molecule has 7 heteroatoms. The van der Waals surface area contributed by atoms with Crippen LogP contribution in [0, 0.1) is 4.77 Å². The molecule has 1 aliphatic rings. The Kier molecular flexibility index (Phi) is 3.35. The molecule has 1 fully saturated rings. The molecule has 1 amide bonds. The van der Waals surface area contributed by atoms with Gasteiger partial charge in [-0.05, 0) is 12.2 Å². The zero-order valence-corrected chi connectivity index (χ0v) is 10.1. The maximum atomic E-state index is 10.6. The zero-order chi connectivity index (χ0) is 11.5. The van der Waals surface area contributed by atoms with Crippen molar-refractivity contribution in [3.8, 4) is 0 Å². The standard InChI is InChI=1S/C9H15N5OS/c1-11-6-10-14(9(11)16)7-12-2-4-13(8-15)5-3-12/h6,8H,2-5,7H2,1H3. The molecule has 0 bridgehead atoms. The number of hydrogen-bond acceptors (Lipinski definition) is 4. The predicted molar refractivity (Wildman–Crippen MR) is 61.2 cm³/mol. The van der Waals surface area contributed by atoms with Crippen LogP contribution in [0.1, 0.15) is 0 Å². The Labute approximate surface area is 99.1 Å². The molecule has 1 aromatic rings. The van der Waals surface area contributed by atoms with E-state index in [0.29, 0.717) is 6.67 Å². The summed E-state index contributed by atoms with van der Waals surface area (Å²) in [5, 5.41) is 4.20. The number of carbonyl (C=O) groups is 1. The van der Waals surface area contributed by atoms with Gasteiger partial charge in [0.1, 0.15) is 6.33 Å². The first-order valence-corrected chi connectivity index (χ1v) is 5.61. The van der Waals surface area contributed by atoms with Gasteiger partial charge >= 0.3 is 0 Å². The number of piperazine rings is 1. The normalized spacial score (nSPS) is 17.7. The minimum atomic E-state index is 0.701. The fraction of sp³-hybridized carbons (Fsp3) is 0.667. The third-order valence-electron chi connectivity index (χ3n) is 2.78. The van der Waals surface area contributed by atoms with Gasteiger partial charge in [-0.15, -0.1) is 0 Å². The molecule has 2 rings (SSSR count). The molecule has 1 aliphatic heterocycles. The van der Waals surface area contributed by atoms with Crippen molar-refractivity contribution in [1.82, 2.24) is 24.1 Å². The number of amides is 1. The summed E-state index contributed by atoms with van der Waals surface area (Å²) in [6.07, 6.45) is 2.62. The Bertz CT molecular complexity index is 418. The summed E-state index contributed by atoms with van der Waals surface area (Å²) in [5.74, 6) is 0. The minimum Gasteiger partial charge on any atom is -0.343 e. The number of aryl methyl sites for hydroxylation is 1. The minimum absolute atomic E-state index is 0.701. The second-order valence-corrected chi connectivity index (χ2v) is 4.29. The maximum Gasteiger partial charge on any atom is 0.209 e. The molecule has 0 atom stereocenters. The average Bonchev–Trinajstić information content (AvgIpc) is 2.62. The molecular formula is C9H15N5OS. The molecule has 16 heavy (non-hydrogen) atoms. The van der Waals surface area contributed by atoms with Gasteiger partial charge in [-0.3, -0.25) is 9.69 Å². The van der Waals surface area contributed by atoms with Crippen LogP contribution in [0.5, 0.6) is 0 Å². The summed E-state index contributed by atoms with van der Waals surface area (Å²) in [6.45, 7) is 4.01. The predicted octanol–water partition coefficient (Wildman–Crippen LogP) is -0.317. The van der Waals surface area contributed by atoms with Crippen LogP contribution in [0.3, 0.4) is 0 Å². The summed E-state index contributed by atoms with van der Waals surface area (Å²) < 4.78 is 4.33. The van der Waals surface area contributed by atoms with Crippen molar-refractivity contribution in [3.63, 3.8) is 0 Å². The fourth-order valence-corrected chi connectivity index (χ4v) is 1.87. The van der Waals surface area contributed by atoms with Crippen LogP contribution in [-0.2, 0) is 18.5 Å². The Hall–Kier alpha value is -1.21. The van der Waals surface area contributed by atoms with Crippen LogP contribution in [0.2, 0.25) is 0 Å². The van der Waals surface area contributed by atoms with Crippen LogP contribution in [-0.4, -0.2) is 56.7 Å². The highest BCUT2D eigenvalue weighted by atomic mass is 32.1. The third-order valence-corrected chi connectivity index (χ3v) is 3.28.